The van der Waals surface area contributed by atoms with Gasteiger partial charge in [0, 0.05) is 23.0 Å². The third-order valence-electron chi connectivity index (χ3n) is 4.46. The number of hydrogen-bond acceptors (Lipinski definition) is 5. The van der Waals surface area contributed by atoms with Gasteiger partial charge in [-0.2, -0.15) is 0 Å². The van der Waals surface area contributed by atoms with Crippen LogP contribution in [0.5, 0.6) is 0 Å². The molecule has 1 aromatic heterocycles. The van der Waals surface area contributed by atoms with Gasteiger partial charge in [-0.05, 0) is 17.7 Å². The zero-order valence-electron chi connectivity index (χ0n) is 14.5. The topological polar surface area (TPSA) is 83.4 Å². The molecule has 1 saturated heterocycles. The number of Topliss-reactive ketones (excluding diaryl/α,β-unsaturated/α-hetero) is 1. The van der Waals surface area contributed by atoms with Gasteiger partial charge >= 0.3 is 5.91 Å². The van der Waals surface area contributed by atoms with Crippen molar-refractivity contribution in [2.24, 2.45) is 0 Å². The molecule has 0 aliphatic carbocycles. The maximum absolute atomic E-state index is 12.9. The van der Waals surface area contributed by atoms with Gasteiger partial charge in [0.25, 0.3) is 5.78 Å². The Kier molecular flexibility index (Phi) is 4.63. The van der Waals surface area contributed by atoms with Gasteiger partial charge in [-0.1, -0.05) is 60.1 Å². The molecule has 1 amide bonds. The van der Waals surface area contributed by atoms with Gasteiger partial charge in [-0.25, -0.2) is 9.97 Å². The predicted octanol–water partition coefficient (Wildman–Crippen LogP) is 3.76. The molecule has 138 valence electrons. The molecule has 1 aliphatic heterocycles. The predicted molar refractivity (Wildman–Crippen MR) is 105 cm³/mol. The van der Waals surface area contributed by atoms with Crippen LogP contribution >= 0.6 is 11.6 Å². The van der Waals surface area contributed by atoms with Crippen LogP contribution in [0.2, 0.25) is 5.02 Å². The Labute approximate surface area is 165 Å². The van der Waals surface area contributed by atoms with Crippen LogP contribution in [0.1, 0.15) is 17.2 Å². The maximum atomic E-state index is 12.9. The Morgan fingerprint density at radius 2 is 1.57 bits per heavy atom. The normalized spacial score (nSPS) is 18.5. The Balaban J connectivity index is 1.98. The number of nitrogens with zero attached hydrogens (tertiary/aromatic N) is 3. The molecule has 0 spiro atoms. The van der Waals surface area contributed by atoms with Crippen LogP contribution in [0.3, 0.4) is 0 Å². The Morgan fingerprint density at radius 3 is 2.25 bits per heavy atom. The van der Waals surface area contributed by atoms with E-state index in [1.165, 1.54) is 12.4 Å². The first-order valence-corrected chi connectivity index (χ1v) is 8.85. The van der Waals surface area contributed by atoms with Gasteiger partial charge in [-0.3, -0.25) is 14.5 Å². The van der Waals surface area contributed by atoms with Crippen LogP contribution in [0.15, 0.2) is 78.6 Å². The zero-order valence-corrected chi connectivity index (χ0v) is 15.2. The fraction of sp³-hybridized carbons (Fsp3) is 0.0476. The average molecular weight is 392 g/mol. The number of carbonyl (C=O) groups is 2. The summed E-state index contributed by atoms with van der Waals surface area (Å²) in [4.78, 5) is 35.1. The number of amides is 1. The maximum Gasteiger partial charge on any atom is 0.302 e. The molecule has 1 atom stereocenters. The lowest BCUT2D eigenvalue weighted by atomic mass is 9.95. The number of aliphatic hydroxyl groups excluding tert-OH is 1. The molecule has 2 heterocycles. The first-order chi connectivity index (χ1) is 13.6. The van der Waals surface area contributed by atoms with E-state index in [0.717, 1.165) is 4.90 Å². The van der Waals surface area contributed by atoms with Crippen molar-refractivity contribution in [1.29, 1.82) is 0 Å². The summed E-state index contributed by atoms with van der Waals surface area (Å²) in [6.45, 7) is 0. The molecule has 4 rings (SSSR count). The van der Waals surface area contributed by atoms with Crippen molar-refractivity contribution in [3.05, 3.63) is 94.8 Å². The van der Waals surface area contributed by atoms with Crippen LogP contribution in [-0.2, 0) is 9.59 Å². The van der Waals surface area contributed by atoms with Crippen LogP contribution in [0, 0.1) is 0 Å². The molecular weight excluding hydrogens is 378 g/mol. The Morgan fingerprint density at radius 1 is 0.929 bits per heavy atom. The molecule has 1 N–H and O–H groups in total. The van der Waals surface area contributed by atoms with Crippen molar-refractivity contribution in [3.8, 4) is 0 Å². The molecule has 7 heteroatoms. The van der Waals surface area contributed by atoms with Crippen molar-refractivity contribution in [2.75, 3.05) is 4.90 Å². The largest absolute Gasteiger partial charge is 0.507 e. The summed E-state index contributed by atoms with van der Waals surface area (Å²) < 4.78 is 0. The molecule has 1 aliphatic rings. The number of aromatic nitrogens is 2. The second-order valence-corrected chi connectivity index (χ2v) is 6.51. The standard InChI is InChI=1S/C21H14ClN3O3/c22-15-10-5-4-9-14(15)17-16(18(26)13-7-2-1-3-8-13)19(27)20(28)25(17)21-23-11-6-12-24-21/h1-12,17,26H/t17-/m1/s1. The SMILES string of the molecule is O=C1C(=O)N(c2ncccn2)[C@H](c2ccccc2Cl)C1=C(O)c1ccccc1. The van der Waals surface area contributed by atoms with Crippen molar-refractivity contribution < 1.29 is 14.7 Å². The highest BCUT2D eigenvalue weighted by molar-refractivity contribution is 6.51. The monoisotopic (exact) mass is 391 g/mol. The zero-order chi connectivity index (χ0) is 19.7. The van der Waals surface area contributed by atoms with Crippen molar-refractivity contribution in [1.82, 2.24) is 9.97 Å². The number of rotatable bonds is 3. The summed E-state index contributed by atoms with van der Waals surface area (Å²) in [7, 11) is 0. The Hall–Kier alpha value is -3.51. The quantitative estimate of drug-likeness (QED) is 0.417. The van der Waals surface area contributed by atoms with Crippen LogP contribution in [-0.4, -0.2) is 26.8 Å². The van der Waals surface area contributed by atoms with Crippen molar-refractivity contribution in [2.45, 2.75) is 6.04 Å². The molecule has 2 aromatic carbocycles. The first kappa shape index (κ1) is 17.9. The third kappa shape index (κ3) is 2.93. The van der Waals surface area contributed by atoms with E-state index in [9.17, 15) is 14.7 Å². The molecule has 0 unspecified atom stereocenters. The molecule has 0 radical (unpaired) electrons. The molecule has 1 fully saturated rings. The van der Waals surface area contributed by atoms with Gasteiger partial charge in [0.2, 0.25) is 5.95 Å². The van der Waals surface area contributed by atoms with Crippen LogP contribution in [0.4, 0.5) is 5.95 Å². The lowest BCUT2D eigenvalue weighted by Crippen LogP contribution is -2.31. The highest BCUT2D eigenvalue weighted by Gasteiger charge is 2.48. The Bertz CT molecular complexity index is 1080. The number of anilines is 1. The van der Waals surface area contributed by atoms with Crippen molar-refractivity contribution >= 4 is 35.0 Å². The summed E-state index contributed by atoms with van der Waals surface area (Å²) >= 11 is 6.37. The fourth-order valence-electron chi connectivity index (χ4n) is 3.20. The van der Waals surface area contributed by atoms with Gasteiger partial charge in [0.1, 0.15) is 5.76 Å². The first-order valence-electron chi connectivity index (χ1n) is 8.47. The van der Waals surface area contributed by atoms with E-state index in [1.807, 2.05) is 0 Å². The number of carbonyl (C=O) groups excluding carboxylic acids is 2. The highest BCUT2D eigenvalue weighted by atomic mass is 35.5. The van der Waals surface area contributed by atoms with Crippen molar-refractivity contribution in [3.63, 3.8) is 0 Å². The van der Waals surface area contributed by atoms with E-state index < -0.39 is 17.7 Å². The summed E-state index contributed by atoms with van der Waals surface area (Å²) in [5.74, 6) is -1.86. The van der Waals surface area contributed by atoms with Crippen LogP contribution in [0.25, 0.3) is 5.76 Å². The van der Waals surface area contributed by atoms with E-state index in [1.54, 1.807) is 60.7 Å². The summed E-state index contributed by atoms with van der Waals surface area (Å²) in [5, 5.41) is 11.2. The number of hydrogen-bond donors (Lipinski definition) is 1. The number of ketones is 1. The molecule has 0 saturated carbocycles. The fourth-order valence-corrected chi connectivity index (χ4v) is 3.44. The lowest BCUT2D eigenvalue weighted by molar-refractivity contribution is -0.132. The third-order valence-corrected chi connectivity index (χ3v) is 4.80. The summed E-state index contributed by atoms with van der Waals surface area (Å²) in [6.07, 6.45) is 2.95. The minimum absolute atomic E-state index is 0.0571. The number of benzene rings is 2. The minimum atomic E-state index is -0.948. The van der Waals surface area contributed by atoms with Gasteiger partial charge < -0.3 is 5.11 Å². The lowest BCUT2D eigenvalue weighted by Gasteiger charge is -2.24. The molecule has 28 heavy (non-hydrogen) atoms. The van der Waals surface area contributed by atoms with Gasteiger partial charge in [0.05, 0.1) is 11.6 Å². The van der Waals surface area contributed by atoms with Gasteiger partial charge in [-0.15, -0.1) is 0 Å². The van der Waals surface area contributed by atoms with E-state index in [0.29, 0.717) is 16.1 Å². The van der Waals surface area contributed by atoms with Gasteiger partial charge in [0.15, 0.2) is 0 Å². The second-order valence-electron chi connectivity index (χ2n) is 6.11. The smallest absolute Gasteiger partial charge is 0.302 e. The summed E-state index contributed by atoms with van der Waals surface area (Å²) in [6, 6.07) is 16.1. The van der Waals surface area contributed by atoms with Crippen LogP contribution < -0.4 is 4.90 Å². The second kappa shape index (κ2) is 7.25. The van der Waals surface area contributed by atoms with E-state index in [4.69, 9.17) is 11.6 Å². The molecule has 0 bridgehead atoms. The minimum Gasteiger partial charge on any atom is -0.507 e. The number of halogens is 1. The molecular formula is C21H14ClN3O3. The highest BCUT2D eigenvalue weighted by Crippen LogP contribution is 2.42. The molecule has 6 nitrogen and oxygen atoms in total. The average Bonchev–Trinajstić information content (AvgIpc) is 3.00. The van der Waals surface area contributed by atoms with E-state index in [2.05, 4.69) is 9.97 Å². The molecule has 3 aromatic rings. The summed E-state index contributed by atoms with van der Waals surface area (Å²) in [5.41, 5.74) is 0.858. The number of aliphatic hydroxyl groups is 1. The van der Waals surface area contributed by atoms with E-state index in [-0.39, 0.29) is 17.3 Å². The van der Waals surface area contributed by atoms with E-state index >= 15 is 0 Å².